The molecule has 0 saturated heterocycles. The van der Waals surface area contributed by atoms with Crippen LogP contribution in [0.15, 0.2) is 22.7 Å². The van der Waals surface area contributed by atoms with Crippen molar-refractivity contribution in [3.05, 3.63) is 34.1 Å². The van der Waals surface area contributed by atoms with Crippen LogP contribution in [-0.4, -0.2) is 12.6 Å². The van der Waals surface area contributed by atoms with E-state index >= 15 is 0 Å². The first-order valence-electron chi connectivity index (χ1n) is 6.46. The van der Waals surface area contributed by atoms with Crippen LogP contribution in [0.1, 0.15) is 31.2 Å². The van der Waals surface area contributed by atoms with Crippen molar-refractivity contribution in [1.29, 1.82) is 0 Å². The average molecular weight is 316 g/mol. The fourth-order valence-corrected chi connectivity index (χ4v) is 2.92. The van der Waals surface area contributed by atoms with Gasteiger partial charge in [0.2, 0.25) is 0 Å². The van der Waals surface area contributed by atoms with Gasteiger partial charge in [0.15, 0.2) is 0 Å². The Morgan fingerprint density at radius 1 is 1.33 bits per heavy atom. The van der Waals surface area contributed by atoms with E-state index in [0.717, 1.165) is 17.3 Å². The van der Waals surface area contributed by atoms with Gasteiger partial charge < -0.3 is 10.5 Å². The Kier molecular flexibility index (Phi) is 5.15. The zero-order valence-electron chi connectivity index (χ0n) is 10.4. The summed E-state index contributed by atoms with van der Waals surface area (Å²) in [6.45, 7) is 0.984. The largest absolute Gasteiger partial charge is 0.373 e. The first-order valence-corrected chi connectivity index (χ1v) is 7.25. The fourth-order valence-electron chi connectivity index (χ4n) is 2.51. The lowest BCUT2D eigenvalue weighted by Crippen LogP contribution is -2.33. The molecular formula is C14H19BrFNO. The van der Waals surface area contributed by atoms with E-state index in [0.29, 0.717) is 24.6 Å². The molecule has 0 heterocycles. The highest BCUT2D eigenvalue weighted by molar-refractivity contribution is 9.10. The topological polar surface area (TPSA) is 35.2 Å². The summed E-state index contributed by atoms with van der Waals surface area (Å²) in [4.78, 5) is 0. The Balaban J connectivity index is 1.95. The number of halogens is 2. The molecule has 2 unspecified atom stereocenters. The lowest BCUT2D eigenvalue weighted by atomic mass is 9.86. The third-order valence-corrected chi connectivity index (χ3v) is 4.10. The minimum absolute atomic E-state index is 0.183. The van der Waals surface area contributed by atoms with Crippen LogP contribution in [0.25, 0.3) is 0 Å². The van der Waals surface area contributed by atoms with Crippen molar-refractivity contribution in [3.63, 3.8) is 0 Å². The van der Waals surface area contributed by atoms with Crippen molar-refractivity contribution in [1.82, 2.24) is 0 Å². The Morgan fingerprint density at radius 2 is 2.11 bits per heavy atom. The van der Waals surface area contributed by atoms with E-state index in [1.165, 1.54) is 18.9 Å². The van der Waals surface area contributed by atoms with Crippen LogP contribution in [-0.2, 0) is 11.3 Å². The van der Waals surface area contributed by atoms with Crippen LogP contribution >= 0.6 is 15.9 Å². The van der Waals surface area contributed by atoms with Gasteiger partial charge in [-0.2, -0.15) is 0 Å². The van der Waals surface area contributed by atoms with E-state index in [1.54, 1.807) is 12.1 Å². The lowest BCUT2D eigenvalue weighted by Gasteiger charge is -2.30. The van der Waals surface area contributed by atoms with Gasteiger partial charge in [0.25, 0.3) is 0 Å². The van der Waals surface area contributed by atoms with E-state index < -0.39 is 0 Å². The second-order valence-corrected chi connectivity index (χ2v) is 5.78. The van der Waals surface area contributed by atoms with Crippen LogP contribution in [0, 0.1) is 11.7 Å². The maximum Gasteiger partial charge on any atom is 0.128 e. The maximum atomic E-state index is 13.6. The summed E-state index contributed by atoms with van der Waals surface area (Å²) < 4.78 is 20.3. The van der Waals surface area contributed by atoms with E-state index in [-0.39, 0.29) is 11.9 Å². The summed E-state index contributed by atoms with van der Waals surface area (Å²) >= 11 is 3.35. The van der Waals surface area contributed by atoms with Crippen LogP contribution in [0.5, 0.6) is 0 Å². The molecule has 0 spiro atoms. The molecule has 1 aromatic carbocycles. The molecule has 1 aliphatic rings. The second kappa shape index (κ2) is 6.64. The first-order chi connectivity index (χ1) is 8.70. The zero-order chi connectivity index (χ0) is 13.0. The molecule has 1 fully saturated rings. The third kappa shape index (κ3) is 3.53. The highest BCUT2D eigenvalue weighted by atomic mass is 79.9. The zero-order valence-corrected chi connectivity index (χ0v) is 12.0. The second-order valence-electron chi connectivity index (χ2n) is 4.87. The van der Waals surface area contributed by atoms with Gasteiger partial charge >= 0.3 is 0 Å². The average Bonchev–Trinajstić information content (AvgIpc) is 2.40. The summed E-state index contributed by atoms with van der Waals surface area (Å²) in [6, 6.07) is 4.93. The molecule has 0 aliphatic heterocycles. The molecule has 4 heteroatoms. The van der Waals surface area contributed by atoms with Gasteiger partial charge in [-0.3, -0.25) is 0 Å². The highest BCUT2D eigenvalue weighted by Crippen LogP contribution is 2.27. The Bertz CT molecular complexity index is 399. The molecule has 0 bridgehead atoms. The number of hydrogen-bond acceptors (Lipinski definition) is 2. The van der Waals surface area contributed by atoms with Crippen molar-refractivity contribution < 1.29 is 9.13 Å². The standard InChI is InChI=1S/C14H19BrFNO/c15-12-5-6-13(16)11(7-12)9-18-14-4-2-1-3-10(14)8-17/h5-7,10,14H,1-4,8-9,17H2. The van der Waals surface area contributed by atoms with Crippen molar-refractivity contribution in [2.45, 2.75) is 38.4 Å². The predicted molar refractivity (Wildman–Crippen MR) is 73.7 cm³/mol. The summed E-state index contributed by atoms with van der Waals surface area (Å²) in [5.74, 6) is 0.215. The van der Waals surface area contributed by atoms with Gasteiger partial charge in [-0.1, -0.05) is 28.8 Å². The van der Waals surface area contributed by atoms with E-state index in [1.807, 2.05) is 0 Å². The Morgan fingerprint density at radius 3 is 2.89 bits per heavy atom. The minimum atomic E-state index is -0.210. The van der Waals surface area contributed by atoms with Gasteiger partial charge in [0, 0.05) is 10.0 Å². The maximum absolute atomic E-state index is 13.6. The van der Waals surface area contributed by atoms with Gasteiger partial charge in [0.05, 0.1) is 12.7 Å². The molecule has 18 heavy (non-hydrogen) atoms. The van der Waals surface area contributed by atoms with Crippen LogP contribution in [0.4, 0.5) is 4.39 Å². The molecular weight excluding hydrogens is 297 g/mol. The van der Waals surface area contributed by atoms with E-state index in [9.17, 15) is 4.39 Å². The van der Waals surface area contributed by atoms with E-state index in [4.69, 9.17) is 10.5 Å². The van der Waals surface area contributed by atoms with Crippen LogP contribution in [0.2, 0.25) is 0 Å². The van der Waals surface area contributed by atoms with Crippen molar-refractivity contribution in [2.75, 3.05) is 6.54 Å². The molecule has 0 radical (unpaired) electrons. The molecule has 2 atom stereocenters. The molecule has 0 amide bonds. The normalized spacial score (nSPS) is 24.2. The molecule has 2 nitrogen and oxygen atoms in total. The third-order valence-electron chi connectivity index (χ3n) is 3.60. The molecule has 1 aliphatic carbocycles. The fraction of sp³-hybridized carbons (Fsp3) is 0.571. The van der Waals surface area contributed by atoms with Crippen molar-refractivity contribution in [2.24, 2.45) is 11.7 Å². The molecule has 100 valence electrons. The molecule has 1 aromatic rings. The SMILES string of the molecule is NCC1CCCCC1OCc1cc(Br)ccc1F. The smallest absolute Gasteiger partial charge is 0.128 e. The highest BCUT2D eigenvalue weighted by Gasteiger charge is 2.24. The lowest BCUT2D eigenvalue weighted by molar-refractivity contribution is -0.0193. The molecule has 2 N–H and O–H groups in total. The van der Waals surface area contributed by atoms with Gasteiger partial charge in [0.1, 0.15) is 5.82 Å². The van der Waals surface area contributed by atoms with Gasteiger partial charge in [-0.15, -0.1) is 0 Å². The summed E-state index contributed by atoms with van der Waals surface area (Å²) in [5, 5.41) is 0. The van der Waals surface area contributed by atoms with Crippen molar-refractivity contribution >= 4 is 15.9 Å². The number of rotatable bonds is 4. The van der Waals surface area contributed by atoms with E-state index in [2.05, 4.69) is 15.9 Å². The molecule has 2 rings (SSSR count). The first kappa shape index (κ1) is 14.0. The van der Waals surface area contributed by atoms with Gasteiger partial charge in [-0.25, -0.2) is 4.39 Å². The Hall–Kier alpha value is -0.450. The summed E-state index contributed by atoms with van der Waals surface area (Å²) in [5.41, 5.74) is 6.36. The van der Waals surface area contributed by atoms with Crippen LogP contribution in [0.3, 0.4) is 0 Å². The predicted octanol–water partition coefficient (Wildman–Crippen LogP) is 3.62. The molecule has 0 aromatic heterocycles. The Labute approximate surface area is 116 Å². The van der Waals surface area contributed by atoms with Crippen molar-refractivity contribution in [3.8, 4) is 0 Å². The molecule has 1 saturated carbocycles. The summed E-state index contributed by atoms with van der Waals surface area (Å²) in [6.07, 6.45) is 4.76. The van der Waals surface area contributed by atoms with Gasteiger partial charge in [-0.05, 0) is 43.5 Å². The number of ether oxygens (including phenoxy) is 1. The number of hydrogen-bond donors (Lipinski definition) is 1. The minimum Gasteiger partial charge on any atom is -0.373 e. The quantitative estimate of drug-likeness (QED) is 0.921. The number of nitrogens with two attached hydrogens (primary N) is 1. The number of benzene rings is 1. The van der Waals surface area contributed by atoms with Crippen LogP contribution < -0.4 is 5.73 Å². The monoisotopic (exact) mass is 315 g/mol. The summed E-state index contributed by atoms with van der Waals surface area (Å²) in [7, 11) is 0.